The Morgan fingerprint density at radius 2 is 1.00 bits per heavy atom. The largest absolute Gasteiger partial charge is 0.438 e. The molecule has 0 N–H and O–H groups in total. The number of hydrogen-bond donors (Lipinski definition) is 0. The average molecular weight is 429 g/mol. The number of hydrogen-bond acceptors (Lipinski definition) is 0. The van der Waals surface area contributed by atoms with Gasteiger partial charge in [-0.05, 0) is 34.2 Å². The average Bonchev–Trinajstić information content (AvgIpc) is 1.98. The summed E-state index contributed by atoms with van der Waals surface area (Å²) >= 11 is 7.19. The van der Waals surface area contributed by atoms with Crippen molar-refractivity contribution < 1.29 is 39.5 Å². The molecule has 0 spiro atoms. The molecule has 0 aromatic rings. The molecule has 17 heavy (non-hydrogen) atoms. The van der Waals surface area contributed by atoms with Crippen molar-refractivity contribution in [1.29, 1.82) is 0 Å². The van der Waals surface area contributed by atoms with E-state index in [0.717, 1.165) is 0 Å². The van der Waals surface area contributed by atoms with Crippen LogP contribution in [0.2, 0.25) is 0 Å². The van der Waals surface area contributed by atoms with Crippen LogP contribution in [0.3, 0.4) is 0 Å². The van der Waals surface area contributed by atoms with Gasteiger partial charge in [0, 0.05) is 0 Å². The summed E-state index contributed by atoms with van der Waals surface area (Å²) < 4.78 is 105. The Labute approximate surface area is 112 Å². The third kappa shape index (κ3) is 2.67. The number of halogens is 12. The van der Waals surface area contributed by atoms with E-state index >= 15 is 0 Å². The van der Waals surface area contributed by atoms with Gasteiger partial charge in [-0.25, -0.2) is 8.78 Å². The Bertz CT molecular complexity index is 263. The summed E-state index contributed by atoms with van der Waals surface area (Å²) in [4.78, 5) is 0. The molecule has 0 saturated carbocycles. The molecule has 0 amide bonds. The molecule has 0 saturated heterocycles. The Morgan fingerprint density at radius 3 is 1.18 bits per heavy atom. The second-order valence-corrected chi connectivity index (χ2v) is 5.20. The molecule has 0 aliphatic heterocycles. The van der Waals surface area contributed by atoms with E-state index < -0.39 is 48.9 Å². The summed E-state index contributed by atoms with van der Waals surface area (Å²) in [5.74, 6) is -6.33. The van der Waals surface area contributed by atoms with Crippen LogP contribution >= 0.6 is 45.8 Å². The van der Waals surface area contributed by atoms with Gasteiger partial charge in [0.05, 0.1) is 0 Å². The van der Waals surface area contributed by atoms with Gasteiger partial charge < -0.3 is 0 Å². The minimum atomic E-state index is -6.34. The van der Waals surface area contributed by atoms with E-state index in [4.69, 9.17) is 0 Å². The van der Waals surface area contributed by atoms with Crippen LogP contribution < -0.4 is 0 Å². The summed E-state index contributed by atoms with van der Waals surface area (Å²) in [6.45, 7) is 0. The molecule has 0 radical (unpaired) electrons. The molecule has 0 nitrogen and oxygen atoms in total. The van der Waals surface area contributed by atoms with E-state index in [1.165, 1.54) is 0 Å². The Hall–Kier alpha value is 0.680. The quantitative estimate of drug-likeness (QED) is 0.336. The summed E-state index contributed by atoms with van der Waals surface area (Å²) in [5, 5.41) is -11.4. The zero-order valence-corrected chi connectivity index (χ0v) is 10.7. The fraction of sp³-hybridized carbons (Fsp3) is 1.00. The molecule has 12 heteroatoms. The minimum absolute atomic E-state index is 0.568. The molecule has 0 rings (SSSR count). The van der Waals surface area contributed by atoms with Gasteiger partial charge in [-0.1, -0.05) is 11.6 Å². The van der Waals surface area contributed by atoms with Gasteiger partial charge in [0.2, 0.25) is 0 Å². The Balaban J connectivity index is 5.73. The Kier molecular flexibility index (Phi) is 4.53. The zero-order valence-electron chi connectivity index (χ0n) is 7.04. The topological polar surface area (TPSA) is 0 Å². The highest BCUT2D eigenvalue weighted by Crippen LogP contribution is 2.61. The molecule has 0 aliphatic carbocycles. The predicted molar refractivity (Wildman–Crippen MR) is 49.4 cm³/mol. The molecular formula is C5Cl2F9I. The van der Waals surface area contributed by atoms with Gasteiger partial charge >= 0.3 is 26.3 Å². The monoisotopic (exact) mass is 428 g/mol. The highest BCUT2D eigenvalue weighted by molar-refractivity contribution is 14.1. The molecule has 2 atom stereocenters. The molecule has 0 aromatic heterocycles. The highest BCUT2D eigenvalue weighted by Gasteiger charge is 2.83. The van der Waals surface area contributed by atoms with Crippen molar-refractivity contribution in [2.75, 3.05) is 0 Å². The lowest BCUT2D eigenvalue weighted by Crippen LogP contribution is -2.63. The lowest BCUT2D eigenvalue weighted by Gasteiger charge is -2.37. The fourth-order valence-electron chi connectivity index (χ4n) is 0.553. The van der Waals surface area contributed by atoms with Crippen LogP contribution in [0, 0.1) is 0 Å². The van der Waals surface area contributed by atoms with E-state index in [9.17, 15) is 39.5 Å². The third-order valence-electron chi connectivity index (χ3n) is 1.50. The molecule has 0 aliphatic rings. The van der Waals surface area contributed by atoms with Crippen LogP contribution in [0.5, 0.6) is 0 Å². The summed E-state index contributed by atoms with van der Waals surface area (Å²) in [6.07, 6.45) is -6.34. The molecule has 104 valence electrons. The number of rotatable bonds is 3. The van der Waals surface area contributed by atoms with E-state index in [1.54, 1.807) is 0 Å². The SMILES string of the molecule is FC(F)(F)C(F)(I)C(F)(F)C(F)(Cl)C(F)(F)Cl. The molecule has 0 fully saturated rings. The smallest absolute Gasteiger partial charge is 0.215 e. The van der Waals surface area contributed by atoms with Gasteiger partial charge in [-0.3, -0.25) is 0 Å². The van der Waals surface area contributed by atoms with E-state index in [1.807, 2.05) is 0 Å². The van der Waals surface area contributed by atoms with Crippen molar-refractivity contribution in [2.45, 2.75) is 26.3 Å². The van der Waals surface area contributed by atoms with Crippen molar-refractivity contribution in [3.63, 3.8) is 0 Å². The van der Waals surface area contributed by atoms with Crippen LogP contribution in [0.1, 0.15) is 0 Å². The van der Waals surface area contributed by atoms with Crippen LogP contribution in [0.25, 0.3) is 0 Å². The van der Waals surface area contributed by atoms with Crippen LogP contribution in [0.15, 0.2) is 0 Å². The first-order chi connectivity index (χ1) is 7.00. The normalized spacial score (nSPS) is 21.9. The van der Waals surface area contributed by atoms with Crippen molar-refractivity contribution >= 4 is 45.8 Å². The van der Waals surface area contributed by atoms with Crippen molar-refractivity contribution in [3.8, 4) is 0 Å². The second kappa shape index (κ2) is 4.36. The maximum absolute atomic E-state index is 12.8. The lowest BCUT2D eigenvalue weighted by atomic mass is 10.1. The van der Waals surface area contributed by atoms with E-state index in [2.05, 4.69) is 23.2 Å². The van der Waals surface area contributed by atoms with Crippen molar-refractivity contribution in [3.05, 3.63) is 0 Å². The van der Waals surface area contributed by atoms with Gasteiger partial charge in [0.25, 0.3) is 0 Å². The summed E-state index contributed by atoms with van der Waals surface area (Å²) in [7, 11) is 0. The van der Waals surface area contributed by atoms with Crippen LogP contribution in [-0.4, -0.2) is 26.3 Å². The van der Waals surface area contributed by atoms with E-state index in [0.29, 0.717) is 0 Å². The molecule has 0 heterocycles. The Morgan fingerprint density at radius 1 is 0.706 bits per heavy atom. The predicted octanol–water partition coefficient (Wildman–Crippen LogP) is 5.02. The maximum Gasteiger partial charge on any atom is 0.438 e. The summed E-state index contributed by atoms with van der Waals surface area (Å²) in [5.41, 5.74) is 0. The van der Waals surface area contributed by atoms with Gasteiger partial charge in [0.15, 0.2) is 0 Å². The van der Waals surface area contributed by atoms with Crippen molar-refractivity contribution in [2.24, 2.45) is 0 Å². The fourth-order valence-corrected chi connectivity index (χ4v) is 1.33. The minimum Gasteiger partial charge on any atom is -0.215 e. The molecule has 0 bridgehead atoms. The summed E-state index contributed by atoms with van der Waals surface area (Å²) in [6, 6.07) is 0. The second-order valence-electron chi connectivity index (χ2n) is 2.72. The van der Waals surface area contributed by atoms with Gasteiger partial charge in [-0.15, -0.1) is 0 Å². The standard InChI is InChI=1S/C5Cl2F9I/c6-1(8,4(7,12)13)2(9,10)3(11,17)5(14,15)16. The van der Waals surface area contributed by atoms with Crippen molar-refractivity contribution in [1.82, 2.24) is 0 Å². The molecule has 0 aromatic carbocycles. The van der Waals surface area contributed by atoms with Gasteiger partial charge in [-0.2, -0.15) is 30.7 Å². The lowest BCUT2D eigenvalue weighted by molar-refractivity contribution is -0.291. The maximum atomic E-state index is 12.8. The third-order valence-corrected chi connectivity index (χ3v) is 3.62. The van der Waals surface area contributed by atoms with E-state index in [-0.39, 0.29) is 0 Å². The van der Waals surface area contributed by atoms with Crippen LogP contribution in [-0.2, 0) is 0 Å². The highest BCUT2D eigenvalue weighted by atomic mass is 127. The first-order valence-electron chi connectivity index (χ1n) is 3.27. The number of alkyl halides is 12. The first-order valence-corrected chi connectivity index (χ1v) is 5.10. The zero-order chi connectivity index (χ0) is 14.5. The molecule has 2 unspecified atom stereocenters. The molecular weight excluding hydrogens is 429 g/mol. The first kappa shape index (κ1) is 17.7. The van der Waals surface area contributed by atoms with Gasteiger partial charge in [0.1, 0.15) is 0 Å². The van der Waals surface area contributed by atoms with Crippen LogP contribution in [0.4, 0.5) is 39.5 Å².